The van der Waals surface area contributed by atoms with Crippen LogP contribution in [0.1, 0.15) is 62.6 Å². The van der Waals surface area contributed by atoms with Gasteiger partial charge in [0.15, 0.2) is 0 Å². The lowest BCUT2D eigenvalue weighted by Crippen LogP contribution is -2.11. The van der Waals surface area contributed by atoms with Crippen LogP contribution in [0.15, 0.2) is 21.1 Å². The lowest BCUT2D eigenvalue weighted by atomic mass is 10.00. The van der Waals surface area contributed by atoms with E-state index in [1.165, 1.54) is 43.2 Å². The zero-order valence-corrected chi connectivity index (χ0v) is 14.5. The minimum absolute atomic E-state index is 0.137. The quantitative estimate of drug-likeness (QED) is 0.590. The first kappa shape index (κ1) is 16.2. The van der Waals surface area contributed by atoms with Crippen molar-refractivity contribution in [1.29, 1.82) is 0 Å². The van der Waals surface area contributed by atoms with Gasteiger partial charge in [0.25, 0.3) is 0 Å². The molecule has 0 aliphatic rings. The maximum absolute atomic E-state index is 6.28. The van der Waals surface area contributed by atoms with Crippen LogP contribution in [0, 0.1) is 6.92 Å². The second kappa shape index (κ2) is 8.34. The Bertz CT molecular complexity index is 377. The summed E-state index contributed by atoms with van der Waals surface area (Å²) in [5.41, 5.74) is 8.73. The summed E-state index contributed by atoms with van der Waals surface area (Å²) in [6, 6.07) is 4.42. The topological polar surface area (TPSA) is 26.0 Å². The van der Waals surface area contributed by atoms with Gasteiger partial charge in [-0.15, -0.1) is 0 Å². The molecule has 1 rings (SSSR count). The second-order valence-electron chi connectivity index (χ2n) is 4.93. The monoisotopic (exact) mass is 375 g/mol. The highest BCUT2D eigenvalue weighted by molar-refractivity contribution is 9.11. The molecule has 0 amide bonds. The molecule has 1 unspecified atom stereocenters. The summed E-state index contributed by atoms with van der Waals surface area (Å²) in [7, 11) is 0. The molecule has 0 radical (unpaired) electrons. The summed E-state index contributed by atoms with van der Waals surface area (Å²) < 4.78 is 2.27. The molecule has 0 saturated heterocycles. The third kappa shape index (κ3) is 5.02. The highest BCUT2D eigenvalue weighted by Crippen LogP contribution is 2.30. The first-order valence-electron chi connectivity index (χ1n) is 6.77. The van der Waals surface area contributed by atoms with Crippen LogP contribution in [0.25, 0.3) is 0 Å². The number of rotatable bonds is 7. The van der Waals surface area contributed by atoms with Crippen LogP contribution in [0.3, 0.4) is 0 Å². The fraction of sp³-hybridized carbons (Fsp3) is 0.600. The third-order valence-electron chi connectivity index (χ3n) is 3.30. The highest BCUT2D eigenvalue weighted by atomic mass is 79.9. The van der Waals surface area contributed by atoms with Gasteiger partial charge in [-0.3, -0.25) is 0 Å². The first-order chi connectivity index (χ1) is 8.56. The van der Waals surface area contributed by atoms with Crippen molar-refractivity contribution in [3.63, 3.8) is 0 Å². The van der Waals surface area contributed by atoms with Crippen molar-refractivity contribution in [1.82, 2.24) is 0 Å². The molecule has 1 atom stereocenters. The molecule has 102 valence electrons. The molecule has 0 heterocycles. The largest absolute Gasteiger partial charge is 0.324 e. The van der Waals surface area contributed by atoms with E-state index in [1.54, 1.807) is 0 Å². The van der Waals surface area contributed by atoms with Gasteiger partial charge in [0.05, 0.1) is 0 Å². The molecule has 3 heteroatoms. The lowest BCUT2D eigenvalue weighted by Gasteiger charge is -2.15. The maximum atomic E-state index is 6.28. The molecular formula is C15H23Br2N. The van der Waals surface area contributed by atoms with E-state index >= 15 is 0 Å². The van der Waals surface area contributed by atoms with Crippen molar-refractivity contribution in [3.8, 4) is 0 Å². The molecule has 1 aromatic rings. The minimum Gasteiger partial charge on any atom is -0.324 e. The number of hydrogen-bond donors (Lipinski definition) is 1. The lowest BCUT2D eigenvalue weighted by molar-refractivity contribution is 0.554. The van der Waals surface area contributed by atoms with Gasteiger partial charge in [0.1, 0.15) is 0 Å². The number of nitrogens with two attached hydrogens (primary N) is 1. The van der Waals surface area contributed by atoms with Crippen LogP contribution in [0.4, 0.5) is 0 Å². The molecule has 1 nitrogen and oxygen atoms in total. The number of aryl methyl sites for hydroxylation is 1. The highest BCUT2D eigenvalue weighted by Gasteiger charge is 2.11. The van der Waals surface area contributed by atoms with E-state index in [4.69, 9.17) is 5.73 Å². The molecule has 0 fully saturated rings. The molecule has 0 aliphatic heterocycles. The molecule has 0 spiro atoms. The SMILES string of the molecule is CCCCCCCC(N)c1cc(Br)c(C)cc1Br. The van der Waals surface area contributed by atoms with Crippen LogP contribution in [0.5, 0.6) is 0 Å². The van der Waals surface area contributed by atoms with Crippen LogP contribution in [-0.4, -0.2) is 0 Å². The Morgan fingerprint density at radius 1 is 1.06 bits per heavy atom. The summed E-state index contributed by atoms with van der Waals surface area (Å²) in [5, 5.41) is 0. The van der Waals surface area contributed by atoms with Crippen molar-refractivity contribution in [2.24, 2.45) is 5.73 Å². The molecule has 0 aromatic heterocycles. The fourth-order valence-corrected chi connectivity index (χ4v) is 3.18. The summed E-state index contributed by atoms with van der Waals surface area (Å²) in [4.78, 5) is 0. The van der Waals surface area contributed by atoms with E-state index < -0.39 is 0 Å². The summed E-state index contributed by atoms with van der Waals surface area (Å²) >= 11 is 7.19. The summed E-state index contributed by atoms with van der Waals surface area (Å²) in [6.45, 7) is 4.33. The Balaban J connectivity index is 2.51. The Labute approximate surface area is 128 Å². The molecule has 18 heavy (non-hydrogen) atoms. The van der Waals surface area contributed by atoms with E-state index in [0.29, 0.717) is 0 Å². The average Bonchev–Trinajstić information content (AvgIpc) is 2.33. The van der Waals surface area contributed by atoms with E-state index in [2.05, 4.69) is 57.8 Å². The van der Waals surface area contributed by atoms with Gasteiger partial charge < -0.3 is 5.73 Å². The number of hydrogen-bond acceptors (Lipinski definition) is 1. The van der Waals surface area contributed by atoms with E-state index in [-0.39, 0.29) is 6.04 Å². The Morgan fingerprint density at radius 3 is 2.39 bits per heavy atom. The second-order valence-corrected chi connectivity index (χ2v) is 6.64. The zero-order valence-electron chi connectivity index (χ0n) is 11.3. The molecule has 0 saturated carbocycles. The Morgan fingerprint density at radius 2 is 1.72 bits per heavy atom. The van der Waals surface area contributed by atoms with Crippen LogP contribution in [0.2, 0.25) is 0 Å². The van der Waals surface area contributed by atoms with Crippen molar-refractivity contribution in [3.05, 3.63) is 32.2 Å². The smallest absolute Gasteiger partial charge is 0.0306 e. The summed E-state index contributed by atoms with van der Waals surface area (Å²) in [5.74, 6) is 0. The van der Waals surface area contributed by atoms with Crippen molar-refractivity contribution in [2.75, 3.05) is 0 Å². The van der Waals surface area contributed by atoms with E-state index in [9.17, 15) is 0 Å². The van der Waals surface area contributed by atoms with Gasteiger partial charge in [-0.05, 0) is 36.6 Å². The predicted octanol–water partition coefficient (Wildman–Crippen LogP) is 5.88. The third-order valence-corrected chi connectivity index (χ3v) is 4.84. The summed E-state index contributed by atoms with van der Waals surface area (Å²) in [6.07, 6.45) is 7.56. The van der Waals surface area contributed by atoms with Gasteiger partial charge in [-0.2, -0.15) is 0 Å². The van der Waals surface area contributed by atoms with Crippen LogP contribution in [-0.2, 0) is 0 Å². The van der Waals surface area contributed by atoms with Gasteiger partial charge in [0.2, 0.25) is 0 Å². The molecule has 0 bridgehead atoms. The van der Waals surface area contributed by atoms with Gasteiger partial charge in [-0.1, -0.05) is 70.9 Å². The van der Waals surface area contributed by atoms with E-state index in [1.807, 2.05) is 0 Å². The number of unbranched alkanes of at least 4 members (excludes halogenated alkanes) is 4. The Kier molecular flexibility index (Phi) is 7.50. The maximum Gasteiger partial charge on any atom is 0.0306 e. The van der Waals surface area contributed by atoms with Gasteiger partial charge in [0, 0.05) is 15.0 Å². The van der Waals surface area contributed by atoms with Crippen LogP contribution < -0.4 is 5.73 Å². The van der Waals surface area contributed by atoms with Gasteiger partial charge >= 0.3 is 0 Å². The molecule has 0 aliphatic carbocycles. The van der Waals surface area contributed by atoms with Crippen molar-refractivity contribution >= 4 is 31.9 Å². The zero-order chi connectivity index (χ0) is 13.5. The first-order valence-corrected chi connectivity index (χ1v) is 8.36. The minimum atomic E-state index is 0.137. The van der Waals surface area contributed by atoms with Crippen molar-refractivity contribution in [2.45, 2.75) is 58.4 Å². The van der Waals surface area contributed by atoms with Gasteiger partial charge in [-0.25, -0.2) is 0 Å². The molecule has 1 aromatic carbocycles. The fourth-order valence-electron chi connectivity index (χ4n) is 2.07. The Hall–Kier alpha value is 0.140. The standard InChI is InChI=1S/C15H23Br2N/c1-3-4-5-6-7-8-15(18)12-10-13(16)11(2)9-14(12)17/h9-10,15H,3-8,18H2,1-2H3. The van der Waals surface area contributed by atoms with E-state index in [0.717, 1.165) is 15.4 Å². The van der Waals surface area contributed by atoms with Crippen molar-refractivity contribution < 1.29 is 0 Å². The average molecular weight is 377 g/mol. The number of benzene rings is 1. The predicted molar refractivity (Wildman–Crippen MR) is 86.9 cm³/mol. The normalized spacial score (nSPS) is 12.7. The number of halogens is 2. The van der Waals surface area contributed by atoms with Crippen LogP contribution >= 0.6 is 31.9 Å². The molecule has 2 N–H and O–H groups in total. The molecular weight excluding hydrogens is 354 g/mol.